The summed E-state index contributed by atoms with van der Waals surface area (Å²) in [5.41, 5.74) is 10.8. The molecule has 1 aromatic heterocycles. The lowest BCUT2D eigenvalue weighted by Gasteiger charge is -2.32. The second kappa shape index (κ2) is 10.4. The van der Waals surface area contributed by atoms with Crippen molar-refractivity contribution in [3.8, 4) is 10.4 Å². The molecule has 8 heteroatoms. The molecule has 0 aliphatic carbocycles. The minimum Gasteiger partial charge on any atom is -0.391 e. The van der Waals surface area contributed by atoms with E-state index in [9.17, 15) is 14.7 Å². The molecule has 32 heavy (non-hydrogen) atoms. The van der Waals surface area contributed by atoms with Gasteiger partial charge >= 0.3 is 0 Å². The van der Waals surface area contributed by atoms with Crippen molar-refractivity contribution >= 4 is 35.4 Å². The van der Waals surface area contributed by atoms with Crippen LogP contribution in [0.2, 0.25) is 0 Å². The number of hydrogen-bond acceptors (Lipinski definition) is 6. The molecule has 3 rings (SSSR count). The molecule has 0 unspecified atom stereocenters. The first kappa shape index (κ1) is 26.5. The number of ketones is 1. The Balaban J connectivity index is 0.00000363. The van der Waals surface area contributed by atoms with Gasteiger partial charge in [0.15, 0.2) is 5.78 Å². The van der Waals surface area contributed by atoms with Gasteiger partial charge in [-0.25, -0.2) is 4.98 Å². The van der Waals surface area contributed by atoms with Crippen LogP contribution in [0.1, 0.15) is 57.7 Å². The highest BCUT2D eigenvalue weighted by Gasteiger charge is 2.42. The Morgan fingerprint density at radius 1 is 1.28 bits per heavy atom. The molecule has 0 bridgehead atoms. The number of carbonyl (C=O) groups is 2. The molecule has 0 spiro atoms. The molecule has 1 fully saturated rings. The van der Waals surface area contributed by atoms with Gasteiger partial charge in [0, 0.05) is 19.4 Å². The van der Waals surface area contributed by atoms with E-state index < -0.39 is 23.6 Å². The Hall–Kier alpha value is -1.80. The minimum absolute atomic E-state index is 0. The first-order chi connectivity index (χ1) is 14.5. The third-order valence-electron chi connectivity index (χ3n) is 6.13. The number of nitrogens with two attached hydrogens (primary N) is 1. The molecule has 1 aromatic carbocycles. The van der Waals surface area contributed by atoms with E-state index in [-0.39, 0.29) is 43.0 Å². The summed E-state index contributed by atoms with van der Waals surface area (Å²) in [6.07, 6.45) is -0.106. The molecule has 1 amide bonds. The number of carbonyl (C=O) groups excluding carboxylic acids is 2. The molecule has 0 radical (unpaired) electrons. The zero-order valence-corrected chi connectivity index (χ0v) is 21.0. The first-order valence-corrected chi connectivity index (χ1v) is 11.6. The van der Waals surface area contributed by atoms with Gasteiger partial charge in [-0.2, -0.15) is 0 Å². The predicted molar refractivity (Wildman–Crippen MR) is 131 cm³/mol. The number of β-amino-alcohol motifs (C(OH)–C–C–N with tert-alkyl or cyclic N) is 1. The maximum atomic E-state index is 13.1. The summed E-state index contributed by atoms with van der Waals surface area (Å²) in [6, 6.07) is 6.90. The Labute approximate surface area is 200 Å². The van der Waals surface area contributed by atoms with Crippen LogP contribution in [0.5, 0.6) is 0 Å². The molecule has 4 atom stereocenters. The second-order valence-corrected chi connectivity index (χ2v) is 10.6. The fourth-order valence-corrected chi connectivity index (χ4v) is 4.82. The van der Waals surface area contributed by atoms with E-state index >= 15 is 0 Å². The highest BCUT2D eigenvalue weighted by molar-refractivity contribution is 7.13. The second-order valence-electron chi connectivity index (χ2n) is 9.70. The number of thiazole rings is 1. The average molecular weight is 480 g/mol. The zero-order valence-electron chi connectivity index (χ0n) is 19.4. The molecular weight excluding hydrogens is 446 g/mol. The number of benzene rings is 1. The number of amides is 1. The molecule has 1 aliphatic heterocycles. The molecule has 3 N–H and O–H groups in total. The van der Waals surface area contributed by atoms with Gasteiger partial charge in [-0.05, 0) is 29.4 Å². The number of Topliss-reactive ketones (excluding diaryl/α,β-unsaturated/α-hetero) is 1. The van der Waals surface area contributed by atoms with Crippen LogP contribution in [0.15, 0.2) is 29.8 Å². The van der Waals surface area contributed by atoms with Gasteiger partial charge in [0.2, 0.25) is 5.91 Å². The van der Waals surface area contributed by atoms with Crippen LogP contribution in [-0.2, 0) is 9.59 Å². The van der Waals surface area contributed by atoms with Crippen molar-refractivity contribution in [3.05, 3.63) is 41.0 Å². The third-order valence-corrected chi connectivity index (χ3v) is 7.11. The van der Waals surface area contributed by atoms with Crippen LogP contribution in [0.25, 0.3) is 10.4 Å². The smallest absolute Gasteiger partial charge is 0.240 e. The quantitative estimate of drug-likeness (QED) is 0.654. The van der Waals surface area contributed by atoms with Gasteiger partial charge in [-0.1, -0.05) is 52.0 Å². The SMILES string of the molecule is Cc1ncsc1-c1ccc([C@H](C)CC(=O)[C@@H]2C[C@@H](O)CN2C(=O)[C@@H](N)C(C)(C)C)cc1.Cl. The largest absolute Gasteiger partial charge is 0.391 e. The number of aryl methyl sites for hydroxylation is 1. The monoisotopic (exact) mass is 479 g/mol. The molecule has 0 saturated carbocycles. The zero-order chi connectivity index (χ0) is 22.9. The molecular formula is C24H34ClN3O3S. The lowest BCUT2D eigenvalue weighted by Crippen LogP contribution is -2.53. The minimum atomic E-state index is -0.715. The van der Waals surface area contributed by atoms with E-state index in [0.717, 1.165) is 21.7 Å². The van der Waals surface area contributed by atoms with Crippen molar-refractivity contribution in [1.82, 2.24) is 9.88 Å². The maximum absolute atomic E-state index is 13.1. The van der Waals surface area contributed by atoms with Crippen LogP contribution in [-0.4, -0.2) is 51.4 Å². The molecule has 6 nitrogen and oxygen atoms in total. The van der Waals surface area contributed by atoms with E-state index in [0.29, 0.717) is 6.42 Å². The highest BCUT2D eigenvalue weighted by Crippen LogP contribution is 2.31. The summed E-state index contributed by atoms with van der Waals surface area (Å²) in [7, 11) is 0. The molecule has 2 heterocycles. The van der Waals surface area contributed by atoms with E-state index in [1.54, 1.807) is 11.3 Å². The van der Waals surface area contributed by atoms with Gasteiger partial charge in [-0.3, -0.25) is 9.59 Å². The summed E-state index contributed by atoms with van der Waals surface area (Å²) in [5.74, 6) is -0.282. The van der Waals surface area contributed by atoms with Crippen LogP contribution >= 0.6 is 23.7 Å². The lowest BCUT2D eigenvalue weighted by molar-refractivity contribution is -0.140. The van der Waals surface area contributed by atoms with Gasteiger partial charge < -0.3 is 15.7 Å². The van der Waals surface area contributed by atoms with Crippen molar-refractivity contribution < 1.29 is 14.7 Å². The summed E-state index contributed by atoms with van der Waals surface area (Å²) in [6.45, 7) is 9.88. The van der Waals surface area contributed by atoms with Gasteiger partial charge in [0.25, 0.3) is 0 Å². The summed E-state index contributed by atoms with van der Waals surface area (Å²) >= 11 is 1.61. The Morgan fingerprint density at radius 2 is 1.91 bits per heavy atom. The Morgan fingerprint density at radius 3 is 2.44 bits per heavy atom. The van der Waals surface area contributed by atoms with Crippen LogP contribution < -0.4 is 5.73 Å². The highest BCUT2D eigenvalue weighted by atomic mass is 35.5. The van der Waals surface area contributed by atoms with Gasteiger partial charge in [-0.15, -0.1) is 23.7 Å². The van der Waals surface area contributed by atoms with Crippen LogP contribution in [0, 0.1) is 12.3 Å². The van der Waals surface area contributed by atoms with E-state index in [1.807, 2.05) is 52.3 Å². The van der Waals surface area contributed by atoms with E-state index in [1.165, 1.54) is 4.90 Å². The normalized spacial score (nSPS) is 20.5. The average Bonchev–Trinajstić information content (AvgIpc) is 3.31. The maximum Gasteiger partial charge on any atom is 0.240 e. The fraction of sp³-hybridized carbons (Fsp3) is 0.542. The van der Waals surface area contributed by atoms with Crippen LogP contribution in [0.3, 0.4) is 0 Å². The number of aliphatic hydroxyl groups excluding tert-OH is 1. The van der Waals surface area contributed by atoms with E-state index in [2.05, 4.69) is 17.1 Å². The van der Waals surface area contributed by atoms with Gasteiger partial charge in [0.1, 0.15) is 0 Å². The number of aromatic nitrogens is 1. The molecule has 176 valence electrons. The topological polar surface area (TPSA) is 96.5 Å². The van der Waals surface area contributed by atoms with Crippen LogP contribution in [0.4, 0.5) is 0 Å². The Bertz CT molecular complexity index is 939. The number of nitrogens with zero attached hydrogens (tertiary/aromatic N) is 2. The summed E-state index contributed by atoms with van der Waals surface area (Å²) < 4.78 is 0. The van der Waals surface area contributed by atoms with Crippen molar-refractivity contribution in [3.63, 3.8) is 0 Å². The number of halogens is 1. The number of hydrogen-bond donors (Lipinski definition) is 2. The molecule has 1 saturated heterocycles. The molecule has 1 aliphatic rings. The van der Waals surface area contributed by atoms with Crippen molar-refractivity contribution in [2.75, 3.05) is 6.54 Å². The number of aliphatic hydroxyl groups is 1. The predicted octanol–water partition coefficient (Wildman–Crippen LogP) is 3.94. The third kappa shape index (κ3) is 5.76. The van der Waals surface area contributed by atoms with Crippen molar-refractivity contribution in [1.29, 1.82) is 0 Å². The van der Waals surface area contributed by atoms with Crippen molar-refractivity contribution in [2.45, 2.75) is 71.6 Å². The van der Waals surface area contributed by atoms with E-state index in [4.69, 9.17) is 5.73 Å². The van der Waals surface area contributed by atoms with Gasteiger partial charge in [0.05, 0.1) is 34.3 Å². The number of rotatable bonds is 6. The van der Waals surface area contributed by atoms with Crippen molar-refractivity contribution in [2.24, 2.45) is 11.1 Å². The summed E-state index contributed by atoms with van der Waals surface area (Å²) in [4.78, 5) is 33.0. The molecule has 2 aromatic rings. The lowest BCUT2D eigenvalue weighted by atomic mass is 9.86. The Kier molecular flexibility index (Phi) is 8.62. The number of likely N-dealkylation sites (tertiary alicyclic amines) is 1. The first-order valence-electron chi connectivity index (χ1n) is 10.8. The standard InChI is InChI=1S/C24H33N3O3S.ClH/c1-14(16-6-8-17(9-7-16)21-15(2)26-13-31-21)10-20(29)19-11-18(28)12-27(19)23(30)22(25)24(3,4)5;/h6-9,13-14,18-19,22,28H,10-12,25H2,1-5H3;1H/t14-,18-,19+,22-;/m1./s1. The fourth-order valence-electron chi connectivity index (χ4n) is 4.01. The summed E-state index contributed by atoms with van der Waals surface area (Å²) in [5, 5.41) is 10.2.